The van der Waals surface area contributed by atoms with Crippen LogP contribution in [0.1, 0.15) is 37.2 Å². The Morgan fingerprint density at radius 3 is 2.60 bits per heavy atom. The first kappa shape index (κ1) is 11.6. The van der Waals surface area contributed by atoms with E-state index in [-0.39, 0.29) is 11.9 Å². The second-order valence-corrected chi connectivity index (χ2v) is 3.56. The predicted octanol–water partition coefficient (Wildman–Crippen LogP) is 0.921. The number of anilines is 1. The number of nitrogen functional groups attached to an aromatic ring is 1. The van der Waals surface area contributed by atoms with Crippen molar-refractivity contribution in [1.82, 2.24) is 15.1 Å². The third-order valence-electron chi connectivity index (χ3n) is 2.50. The minimum Gasteiger partial charge on any atom is -0.396 e. The first-order chi connectivity index (χ1) is 7.10. The van der Waals surface area contributed by atoms with Crippen molar-refractivity contribution in [2.45, 2.75) is 32.7 Å². The Morgan fingerprint density at radius 1 is 1.60 bits per heavy atom. The highest BCUT2D eigenvalue weighted by Gasteiger charge is 2.16. The molecule has 0 saturated carbocycles. The molecular formula is C10H18N4O. The molecule has 1 aromatic rings. The Kier molecular flexibility index (Phi) is 3.71. The minimum absolute atomic E-state index is 0.152. The Bertz CT molecular complexity index is 322. The highest BCUT2D eigenvalue weighted by molar-refractivity contribution is 5.97. The molecule has 0 radical (unpaired) electrons. The molecule has 1 aromatic heterocycles. The first-order valence-electron chi connectivity index (χ1n) is 5.18. The number of nitrogens with zero attached hydrogens (tertiary/aromatic N) is 2. The lowest BCUT2D eigenvalue weighted by Gasteiger charge is -2.14. The fourth-order valence-electron chi connectivity index (χ4n) is 1.48. The molecule has 1 rings (SSSR count). The van der Waals surface area contributed by atoms with E-state index in [2.05, 4.69) is 10.4 Å². The number of aryl methyl sites for hydroxylation is 1. The molecule has 0 spiro atoms. The molecule has 0 unspecified atom stereocenters. The lowest BCUT2D eigenvalue weighted by Crippen LogP contribution is -2.35. The van der Waals surface area contributed by atoms with Gasteiger partial charge in [0.05, 0.1) is 11.9 Å². The van der Waals surface area contributed by atoms with Gasteiger partial charge < -0.3 is 11.1 Å². The summed E-state index contributed by atoms with van der Waals surface area (Å²) in [5, 5.41) is 6.85. The van der Waals surface area contributed by atoms with Crippen molar-refractivity contribution in [3.8, 4) is 0 Å². The molecule has 0 aromatic carbocycles. The number of aromatic nitrogens is 2. The van der Waals surface area contributed by atoms with Gasteiger partial charge in [-0.3, -0.25) is 9.48 Å². The quantitative estimate of drug-likeness (QED) is 0.776. The Hall–Kier alpha value is -1.52. The zero-order chi connectivity index (χ0) is 11.4. The Labute approximate surface area is 89.6 Å². The maximum Gasteiger partial charge on any atom is 0.271 e. The number of rotatable bonds is 4. The SMILES string of the molecule is CCC(CC)NC(=O)c1c(N)cnn1C. The molecule has 0 bridgehead atoms. The van der Waals surface area contributed by atoms with Crippen LogP contribution in [-0.2, 0) is 7.05 Å². The van der Waals surface area contributed by atoms with E-state index < -0.39 is 0 Å². The second kappa shape index (κ2) is 4.82. The van der Waals surface area contributed by atoms with Gasteiger partial charge in [0.2, 0.25) is 0 Å². The molecule has 1 heterocycles. The predicted molar refractivity (Wildman–Crippen MR) is 59.5 cm³/mol. The molecule has 3 N–H and O–H groups in total. The van der Waals surface area contributed by atoms with Crippen molar-refractivity contribution in [2.75, 3.05) is 5.73 Å². The van der Waals surface area contributed by atoms with Crippen LogP contribution in [0.3, 0.4) is 0 Å². The lowest BCUT2D eigenvalue weighted by molar-refractivity contribution is 0.0926. The molecule has 5 heteroatoms. The maximum atomic E-state index is 11.8. The number of carbonyl (C=O) groups excluding carboxylic acids is 1. The van der Waals surface area contributed by atoms with Crippen LogP contribution < -0.4 is 11.1 Å². The topological polar surface area (TPSA) is 72.9 Å². The number of nitrogens with one attached hydrogen (secondary N) is 1. The number of amides is 1. The molecule has 0 aliphatic rings. The van der Waals surface area contributed by atoms with Crippen LogP contribution >= 0.6 is 0 Å². The molecule has 5 nitrogen and oxygen atoms in total. The summed E-state index contributed by atoms with van der Waals surface area (Å²) in [7, 11) is 1.71. The standard InChI is InChI=1S/C10H18N4O/c1-4-7(5-2)13-10(15)9-8(11)6-12-14(9)3/h6-7H,4-5,11H2,1-3H3,(H,13,15). The van der Waals surface area contributed by atoms with Gasteiger partial charge >= 0.3 is 0 Å². The maximum absolute atomic E-state index is 11.8. The van der Waals surface area contributed by atoms with Gasteiger partial charge in [-0.2, -0.15) is 5.10 Å². The largest absolute Gasteiger partial charge is 0.396 e. The third-order valence-corrected chi connectivity index (χ3v) is 2.50. The van der Waals surface area contributed by atoms with Crippen LogP contribution in [-0.4, -0.2) is 21.7 Å². The van der Waals surface area contributed by atoms with Gasteiger partial charge in [-0.05, 0) is 12.8 Å². The van der Waals surface area contributed by atoms with E-state index in [0.29, 0.717) is 11.4 Å². The van der Waals surface area contributed by atoms with Crippen LogP contribution in [0, 0.1) is 0 Å². The highest BCUT2D eigenvalue weighted by Crippen LogP contribution is 2.09. The lowest BCUT2D eigenvalue weighted by atomic mass is 10.1. The number of nitrogens with two attached hydrogens (primary N) is 1. The highest BCUT2D eigenvalue weighted by atomic mass is 16.2. The fourth-order valence-corrected chi connectivity index (χ4v) is 1.48. The fraction of sp³-hybridized carbons (Fsp3) is 0.600. The summed E-state index contributed by atoms with van der Waals surface area (Å²) >= 11 is 0. The zero-order valence-corrected chi connectivity index (χ0v) is 9.45. The molecule has 15 heavy (non-hydrogen) atoms. The summed E-state index contributed by atoms with van der Waals surface area (Å²) in [4.78, 5) is 11.8. The van der Waals surface area contributed by atoms with Crippen LogP contribution in [0.2, 0.25) is 0 Å². The van der Waals surface area contributed by atoms with Crippen molar-refractivity contribution in [2.24, 2.45) is 7.05 Å². The van der Waals surface area contributed by atoms with Gasteiger partial charge in [0, 0.05) is 13.1 Å². The van der Waals surface area contributed by atoms with Crippen LogP contribution in [0.5, 0.6) is 0 Å². The van der Waals surface area contributed by atoms with E-state index in [9.17, 15) is 4.79 Å². The Balaban J connectivity index is 2.77. The average Bonchev–Trinajstić information content (AvgIpc) is 2.55. The summed E-state index contributed by atoms with van der Waals surface area (Å²) in [6, 6.07) is 0.201. The van der Waals surface area contributed by atoms with E-state index in [1.165, 1.54) is 10.9 Å². The summed E-state index contributed by atoms with van der Waals surface area (Å²) in [6.45, 7) is 4.09. The van der Waals surface area contributed by atoms with Crippen LogP contribution in [0.25, 0.3) is 0 Å². The normalized spacial score (nSPS) is 10.7. The molecule has 0 saturated heterocycles. The van der Waals surface area contributed by atoms with Gasteiger partial charge in [0.25, 0.3) is 5.91 Å². The molecule has 0 fully saturated rings. The smallest absolute Gasteiger partial charge is 0.271 e. The Morgan fingerprint density at radius 2 is 2.20 bits per heavy atom. The van der Waals surface area contributed by atoms with E-state index >= 15 is 0 Å². The number of hydrogen-bond donors (Lipinski definition) is 2. The van der Waals surface area contributed by atoms with E-state index in [1.807, 2.05) is 13.8 Å². The monoisotopic (exact) mass is 210 g/mol. The summed E-state index contributed by atoms with van der Waals surface area (Å²) in [6.07, 6.45) is 3.32. The van der Waals surface area contributed by atoms with Crippen LogP contribution in [0.4, 0.5) is 5.69 Å². The molecule has 0 aliphatic carbocycles. The molecule has 84 valence electrons. The first-order valence-corrected chi connectivity index (χ1v) is 5.18. The van der Waals surface area contributed by atoms with Gasteiger partial charge in [-0.1, -0.05) is 13.8 Å². The van der Waals surface area contributed by atoms with Crippen molar-refractivity contribution in [1.29, 1.82) is 0 Å². The van der Waals surface area contributed by atoms with Crippen molar-refractivity contribution in [3.05, 3.63) is 11.9 Å². The van der Waals surface area contributed by atoms with Crippen molar-refractivity contribution >= 4 is 11.6 Å². The van der Waals surface area contributed by atoms with Crippen molar-refractivity contribution in [3.63, 3.8) is 0 Å². The number of carbonyl (C=O) groups is 1. The molecular weight excluding hydrogens is 192 g/mol. The molecule has 1 amide bonds. The number of hydrogen-bond acceptors (Lipinski definition) is 3. The summed E-state index contributed by atoms with van der Waals surface area (Å²) < 4.78 is 1.49. The third kappa shape index (κ3) is 2.49. The van der Waals surface area contributed by atoms with Crippen molar-refractivity contribution < 1.29 is 4.79 Å². The molecule has 0 atom stereocenters. The average molecular weight is 210 g/mol. The summed E-state index contributed by atoms with van der Waals surface area (Å²) in [5.74, 6) is -0.152. The molecule has 0 aliphatic heterocycles. The minimum atomic E-state index is -0.152. The van der Waals surface area contributed by atoms with Crippen LogP contribution in [0.15, 0.2) is 6.20 Å². The zero-order valence-electron chi connectivity index (χ0n) is 9.45. The van der Waals surface area contributed by atoms with E-state index in [4.69, 9.17) is 5.73 Å². The van der Waals surface area contributed by atoms with E-state index in [1.54, 1.807) is 7.05 Å². The van der Waals surface area contributed by atoms with E-state index in [0.717, 1.165) is 12.8 Å². The summed E-state index contributed by atoms with van der Waals surface area (Å²) in [5.41, 5.74) is 6.51. The second-order valence-electron chi connectivity index (χ2n) is 3.56. The van der Waals surface area contributed by atoms with Gasteiger partial charge in [0.1, 0.15) is 5.69 Å². The van der Waals surface area contributed by atoms with Gasteiger partial charge in [0.15, 0.2) is 0 Å². The van der Waals surface area contributed by atoms with Gasteiger partial charge in [-0.15, -0.1) is 0 Å². The van der Waals surface area contributed by atoms with Gasteiger partial charge in [-0.25, -0.2) is 0 Å².